The lowest BCUT2D eigenvalue weighted by Gasteiger charge is -2.22. The van der Waals surface area contributed by atoms with Crippen molar-refractivity contribution in [3.05, 3.63) is 28.6 Å². The standard InChI is InChI=1S/C17H21N3O3S/c21-14-7-6-11(8-15(14)22)13-10-24-16(20-13)9-18-17(23)19-12-4-2-1-3-5-12/h6-8,10,12,21-22H,1-5,9H2,(H2,18,19,23). The molecule has 0 saturated heterocycles. The fraction of sp³-hybridized carbons (Fsp3) is 0.412. The van der Waals surface area contributed by atoms with E-state index in [4.69, 9.17) is 0 Å². The molecule has 1 fully saturated rings. The van der Waals surface area contributed by atoms with Crippen LogP contribution in [0.25, 0.3) is 11.3 Å². The van der Waals surface area contributed by atoms with Crippen molar-refractivity contribution in [1.82, 2.24) is 15.6 Å². The second-order valence-electron chi connectivity index (χ2n) is 5.99. The summed E-state index contributed by atoms with van der Waals surface area (Å²) < 4.78 is 0. The molecule has 1 aromatic carbocycles. The Hall–Kier alpha value is -2.28. The molecule has 24 heavy (non-hydrogen) atoms. The van der Waals surface area contributed by atoms with Gasteiger partial charge in [-0.3, -0.25) is 0 Å². The molecule has 0 spiro atoms. The highest BCUT2D eigenvalue weighted by Crippen LogP contribution is 2.31. The van der Waals surface area contributed by atoms with E-state index >= 15 is 0 Å². The summed E-state index contributed by atoms with van der Waals surface area (Å²) in [5.41, 5.74) is 1.43. The number of aromatic nitrogens is 1. The fourth-order valence-electron chi connectivity index (χ4n) is 2.85. The van der Waals surface area contributed by atoms with Gasteiger partial charge < -0.3 is 20.8 Å². The Morgan fingerprint density at radius 2 is 2.00 bits per heavy atom. The van der Waals surface area contributed by atoms with Crippen LogP contribution in [-0.2, 0) is 6.54 Å². The number of phenols is 2. The molecule has 0 aliphatic heterocycles. The summed E-state index contributed by atoms with van der Waals surface area (Å²) in [6.45, 7) is 0.368. The zero-order valence-electron chi connectivity index (χ0n) is 13.3. The van der Waals surface area contributed by atoms with E-state index in [0.29, 0.717) is 12.2 Å². The first kappa shape index (κ1) is 16.6. The number of nitrogens with zero attached hydrogens (tertiary/aromatic N) is 1. The van der Waals surface area contributed by atoms with Gasteiger partial charge >= 0.3 is 6.03 Å². The van der Waals surface area contributed by atoms with Crippen LogP contribution in [0, 0.1) is 0 Å². The number of hydrogen-bond donors (Lipinski definition) is 4. The maximum Gasteiger partial charge on any atom is 0.315 e. The fourth-order valence-corrected chi connectivity index (χ4v) is 3.59. The van der Waals surface area contributed by atoms with Crippen LogP contribution in [0.4, 0.5) is 4.79 Å². The summed E-state index contributed by atoms with van der Waals surface area (Å²) in [7, 11) is 0. The second kappa shape index (κ2) is 7.53. The van der Waals surface area contributed by atoms with Crippen molar-refractivity contribution in [2.45, 2.75) is 44.7 Å². The first-order valence-electron chi connectivity index (χ1n) is 8.13. The summed E-state index contributed by atoms with van der Waals surface area (Å²) in [4.78, 5) is 16.4. The van der Waals surface area contributed by atoms with Gasteiger partial charge in [-0.15, -0.1) is 11.3 Å². The van der Waals surface area contributed by atoms with Crippen LogP contribution in [0.15, 0.2) is 23.6 Å². The Kier molecular flexibility index (Phi) is 5.20. The SMILES string of the molecule is O=C(NCc1nc(-c2ccc(O)c(O)c2)cs1)NC1CCCCC1. The van der Waals surface area contributed by atoms with Crippen LogP contribution in [0.1, 0.15) is 37.1 Å². The maximum absolute atomic E-state index is 11.9. The molecule has 1 aliphatic rings. The van der Waals surface area contributed by atoms with Crippen LogP contribution in [0.5, 0.6) is 11.5 Å². The molecule has 1 heterocycles. The zero-order chi connectivity index (χ0) is 16.9. The van der Waals surface area contributed by atoms with E-state index in [-0.39, 0.29) is 23.6 Å². The number of thiazole rings is 1. The Balaban J connectivity index is 1.53. The highest BCUT2D eigenvalue weighted by Gasteiger charge is 2.15. The van der Waals surface area contributed by atoms with Crippen molar-refractivity contribution in [2.75, 3.05) is 0 Å². The number of amides is 2. The van der Waals surface area contributed by atoms with Gasteiger partial charge in [0.25, 0.3) is 0 Å². The molecule has 0 bridgehead atoms. The molecule has 1 aromatic heterocycles. The summed E-state index contributed by atoms with van der Waals surface area (Å²) >= 11 is 1.44. The lowest BCUT2D eigenvalue weighted by molar-refractivity contribution is 0.232. The van der Waals surface area contributed by atoms with Crippen molar-refractivity contribution in [1.29, 1.82) is 0 Å². The number of phenolic OH excluding ortho intramolecular Hbond substituents is 2. The van der Waals surface area contributed by atoms with E-state index in [1.807, 2.05) is 5.38 Å². The van der Waals surface area contributed by atoms with Gasteiger partial charge in [0.1, 0.15) is 5.01 Å². The number of benzene rings is 1. The summed E-state index contributed by atoms with van der Waals surface area (Å²) in [5, 5.41) is 27.4. The monoisotopic (exact) mass is 347 g/mol. The van der Waals surface area contributed by atoms with Crippen LogP contribution in [0.2, 0.25) is 0 Å². The minimum atomic E-state index is -0.174. The minimum Gasteiger partial charge on any atom is -0.504 e. The predicted molar refractivity (Wildman–Crippen MR) is 93.1 cm³/mol. The summed E-state index contributed by atoms with van der Waals surface area (Å²) in [6, 6.07) is 4.72. The number of nitrogens with one attached hydrogen (secondary N) is 2. The number of urea groups is 1. The molecule has 6 nitrogen and oxygen atoms in total. The van der Waals surface area contributed by atoms with Gasteiger partial charge in [0.05, 0.1) is 12.2 Å². The van der Waals surface area contributed by atoms with Gasteiger partial charge in [0, 0.05) is 17.0 Å². The number of aromatic hydroxyl groups is 2. The van der Waals surface area contributed by atoms with E-state index < -0.39 is 0 Å². The third-order valence-electron chi connectivity index (χ3n) is 4.16. The molecular formula is C17H21N3O3S. The highest BCUT2D eigenvalue weighted by atomic mass is 32.1. The molecule has 7 heteroatoms. The first-order valence-corrected chi connectivity index (χ1v) is 9.01. The second-order valence-corrected chi connectivity index (χ2v) is 6.93. The van der Waals surface area contributed by atoms with E-state index in [1.165, 1.54) is 42.7 Å². The van der Waals surface area contributed by atoms with Crippen molar-refractivity contribution >= 4 is 17.4 Å². The molecule has 0 atom stereocenters. The average Bonchev–Trinajstić information content (AvgIpc) is 3.05. The molecule has 128 valence electrons. The van der Waals surface area contributed by atoms with Gasteiger partial charge in [0.15, 0.2) is 11.5 Å². The van der Waals surface area contributed by atoms with Crippen molar-refractivity contribution in [3.8, 4) is 22.8 Å². The molecule has 2 aromatic rings. The highest BCUT2D eigenvalue weighted by molar-refractivity contribution is 7.09. The first-order chi connectivity index (χ1) is 11.6. The number of carbonyl (C=O) groups is 1. The average molecular weight is 347 g/mol. The quantitative estimate of drug-likeness (QED) is 0.638. The number of carbonyl (C=O) groups excluding carboxylic acids is 1. The van der Waals surface area contributed by atoms with Crippen molar-refractivity contribution in [3.63, 3.8) is 0 Å². The Morgan fingerprint density at radius 1 is 1.21 bits per heavy atom. The molecule has 3 rings (SSSR count). The lowest BCUT2D eigenvalue weighted by Crippen LogP contribution is -2.42. The van der Waals surface area contributed by atoms with Gasteiger partial charge in [0.2, 0.25) is 0 Å². The molecule has 2 amide bonds. The molecular weight excluding hydrogens is 326 g/mol. The Bertz CT molecular complexity index is 711. The third kappa shape index (κ3) is 4.17. The third-order valence-corrected chi connectivity index (χ3v) is 5.01. The largest absolute Gasteiger partial charge is 0.504 e. The van der Waals surface area contributed by atoms with Crippen LogP contribution >= 0.6 is 11.3 Å². The van der Waals surface area contributed by atoms with Crippen LogP contribution < -0.4 is 10.6 Å². The summed E-state index contributed by atoms with van der Waals surface area (Å²) in [5.74, 6) is -0.331. The van der Waals surface area contributed by atoms with Crippen LogP contribution in [-0.4, -0.2) is 27.3 Å². The van der Waals surface area contributed by atoms with Gasteiger partial charge in [-0.2, -0.15) is 0 Å². The maximum atomic E-state index is 11.9. The van der Waals surface area contributed by atoms with E-state index in [0.717, 1.165) is 23.4 Å². The molecule has 4 N–H and O–H groups in total. The predicted octanol–water partition coefficient (Wildman–Crippen LogP) is 3.35. The Labute approximate surface area is 144 Å². The minimum absolute atomic E-state index is 0.152. The topological polar surface area (TPSA) is 94.5 Å². The smallest absolute Gasteiger partial charge is 0.315 e. The van der Waals surface area contributed by atoms with Crippen molar-refractivity contribution in [2.24, 2.45) is 0 Å². The number of rotatable bonds is 4. The lowest BCUT2D eigenvalue weighted by atomic mass is 9.96. The van der Waals surface area contributed by atoms with Crippen molar-refractivity contribution < 1.29 is 15.0 Å². The van der Waals surface area contributed by atoms with E-state index in [1.54, 1.807) is 6.07 Å². The normalized spacial score (nSPS) is 15.2. The zero-order valence-corrected chi connectivity index (χ0v) is 14.1. The van der Waals surface area contributed by atoms with E-state index in [2.05, 4.69) is 15.6 Å². The number of hydrogen-bond acceptors (Lipinski definition) is 5. The summed E-state index contributed by atoms with van der Waals surface area (Å²) in [6.07, 6.45) is 5.73. The van der Waals surface area contributed by atoms with Gasteiger partial charge in [-0.05, 0) is 31.0 Å². The molecule has 0 radical (unpaired) electrons. The van der Waals surface area contributed by atoms with E-state index in [9.17, 15) is 15.0 Å². The molecule has 0 unspecified atom stereocenters. The molecule has 1 aliphatic carbocycles. The Morgan fingerprint density at radius 3 is 2.75 bits per heavy atom. The van der Waals surface area contributed by atoms with Gasteiger partial charge in [-0.1, -0.05) is 19.3 Å². The van der Waals surface area contributed by atoms with Gasteiger partial charge in [-0.25, -0.2) is 9.78 Å². The molecule has 1 saturated carbocycles. The van der Waals surface area contributed by atoms with Crippen LogP contribution in [0.3, 0.4) is 0 Å².